The minimum absolute atomic E-state index is 0.151. The number of aryl methyl sites for hydroxylation is 2. The molecule has 2 rings (SSSR count). The maximum Gasteiger partial charge on any atom is 0.304 e. The maximum absolute atomic E-state index is 10.9. The molecule has 0 aromatic carbocycles. The van der Waals surface area contributed by atoms with Gasteiger partial charge in [0.2, 0.25) is 0 Å². The Labute approximate surface area is 88.9 Å². The average molecular weight is 208 g/mol. The van der Waals surface area contributed by atoms with Crippen LogP contribution in [0.15, 0.2) is 6.07 Å². The summed E-state index contributed by atoms with van der Waals surface area (Å²) in [5, 5.41) is 13.2. The monoisotopic (exact) mass is 208 g/mol. The van der Waals surface area contributed by atoms with Crippen LogP contribution in [0.1, 0.15) is 37.1 Å². The number of aliphatic carboxylic acids is 1. The lowest BCUT2D eigenvalue weighted by molar-refractivity contribution is -0.139. The van der Waals surface area contributed by atoms with Gasteiger partial charge in [-0.3, -0.25) is 9.48 Å². The van der Waals surface area contributed by atoms with Crippen molar-refractivity contribution in [3.8, 4) is 0 Å². The van der Waals surface area contributed by atoms with E-state index in [0.717, 1.165) is 30.7 Å². The van der Waals surface area contributed by atoms with Gasteiger partial charge in [0.25, 0.3) is 0 Å². The Morgan fingerprint density at radius 1 is 1.67 bits per heavy atom. The Hall–Kier alpha value is -1.32. The molecule has 0 saturated heterocycles. The molecule has 1 aliphatic carbocycles. The summed E-state index contributed by atoms with van der Waals surface area (Å²) in [6.07, 6.45) is 3.29. The molecule has 0 unspecified atom stereocenters. The summed E-state index contributed by atoms with van der Waals surface area (Å²) in [7, 11) is 1.89. The molecule has 1 aromatic heterocycles. The highest BCUT2D eigenvalue weighted by atomic mass is 16.4. The maximum atomic E-state index is 10.9. The highest BCUT2D eigenvalue weighted by Crippen LogP contribution is 2.46. The number of hydrogen-bond acceptors (Lipinski definition) is 2. The van der Waals surface area contributed by atoms with Gasteiger partial charge in [-0.15, -0.1) is 0 Å². The van der Waals surface area contributed by atoms with Crippen molar-refractivity contribution < 1.29 is 9.90 Å². The van der Waals surface area contributed by atoms with Crippen LogP contribution < -0.4 is 0 Å². The highest BCUT2D eigenvalue weighted by molar-refractivity contribution is 5.69. The van der Waals surface area contributed by atoms with Crippen molar-refractivity contribution in [2.75, 3.05) is 0 Å². The summed E-state index contributed by atoms with van der Waals surface area (Å²) in [5.74, 6) is -0.714. The Balaban J connectivity index is 2.33. The van der Waals surface area contributed by atoms with Crippen LogP contribution in [0.5, 0.6) is 0 Å². The van der Waals surface area contributed by atoms with Gasteiger partial charge >= 0.3 is 5.97 Å². The Morgan fingerprint density at radius 3 is 2.67 bits per heavy atom. The molecule has 0 amide bonds. The average Bonchev–Trinajstić information content (AvgIpc) is 2.38. The highest BCUT2D eigenvalue weighted by Gasteiger charge is 2.42. The molecule has 1 N–H and O–H groups in total. The number of carboxylic acids is 1. The quantitative estimate of drug-likeness (QED) is 0.821. The van der Waals surface area contributed by atoms with Crippen LogP contribution in [0.25, 0.3) is 0 Å². The van der Waals surface area contributed by atoms with Gasteiger partial charge in [-0.25, -0.2) is 0 Å². The largest absolute Gasteiger partial charge is 0.481 e. The summed E-state index contributed by atoms with van der Waals surface area (Å²) in [6, 6.07) is 2.02. The summed E-state index contributed by atoms with van der Waals surface area (Å²) >= 11 is 0. The summed E-state index contributed by atoms with van der Waals surface area (Å²) < 4.78 is 1.83. The van der Waals surface area contributed by atoms with Gasteiger partial charge in [-0.2, -0.15) is 5.10 Å². The van der Waals surface area contributed by atoms with E-state index < -0.39 is 5.97 Å². The molecular weight excluding hydrogens is 192 g/mol. The first-order valence-electron chi connectivity index (χ1n) is 5.26. The lowest BCUT2D eigenvalue weighted by Gasteiger charge is -2.40. The second-order valence-electron chi connectivity index (χ2n) is 4.50. The van der Waals surface area contributed by atoms with Crippen molar-refractivity contribution in [3.63, 3.8) is 0 Å². The van der Waals surface area contributed by atoms with Crippen molar-refractivity contribution in [2.45, 2.75) is 38.0 Å². The molecular formula is C11H16N2O2. The Kier molecular flexibility index (Phi) is 2.29. The third-order valence-corrected chi connectivity index (χ3v) is 3.35. The molecule has 1 fully saturated rings. The number of hydrogen-bond donors (Lipinski definition) is 1. The van der Waals surface area contributed by atoms with E-state index >= 15 is 0 Å². The SMILES string of the molecule is Cc1cc(C2(CC(=O)O)CCC2)n(C)n1. The zero-order valence-electron chi connectivity index (χ0n) is 9.16. The van der Waals surface area contributed by atoms with E-state index in [1.54, 1.807) is 0 Å². The predicted molar refractivity (Wildman–Crippen MR) is 55.7 cm³/mol. The predicted octanol–water partition coefficient (Wildman–Crippen LogP) is 1.62. The van der Waals surface area contributed by atoms with E-state index in [9.17, 15) is 4.79 Å². The normalized spacial score (nSPS) is 18.5. The van der Waals surface area contributed by atoms with Gasteiger partial charge in [-0.05, 0) is 25.8 Å². The first-order valence-corrected chi connectivity index (χ1v) is 5.26. The Bertz CT molecular complexity index is 391. The summed E-state index contributed by atoms with van der Waals surface area (Å²) in [6.45, 7) is 1.94. The zero-order valence-corrected chi connectivity index (χ0v) is 9.16. The van der Waals surface area contributed by atoms with E-state index in [1.165, 1.54) is 0 Å². The minimum Gasteiger partial charge on any atom is -0.481 e. The van der Waals surface area contributed by atoms with Crippen LogP contribution in [-0.2, 0) is 17.3 Å². The molecule has 1 saturated carbocycles. The zero-order chi connectivity index (χ0) is 11.1. The molecule has 82 valence electrons. The van der Waals surface area contributed by atoms with E-state index in [-0.39, 0.29) is 11.8 Å². The van der Waals surface area contributed by atoms with Crippen molar-refractivity contribution >= 4 is 5.97 Å². The molecule has 0 bridgehead atoms. The molecule has 1 heterocycles. The second kappa shape index (κ2) is 3.36. The van der Waals surface area contributed by atoms with Crippen LogP contribution in [-0.4, -0.2) is 20.9 Å². The van der Waals surface area contributed by atoms with Crippen LogP contribution in [0.2, 0.25) is 0 Å². The fourth-order valence-corrected chi connectivity index (χ4v) is 2.52. The second-order valence-corrected chi connectivity index (χ2v) is 4.50. The number of rotatable bonds is 3. The van der Waals surface area contributed by atoms with Crippen molar-refractivity contribution in [3.05, 3.63) is 17.5 Å². The molecule has 4 nitrogen and oxygen atoms in total. The topological polar surface area (TPSA) is 55.1 Å². The van der Waals surface area contributed by atoms with Gasteiger partial charge in [0.15, 0.2) is 0 Å². The van der Waals surface area contributed by atoms with Crippen molar-refractivity contribution in [2.24, 2.45) is 7.05 Å². The first kappa shape index (κ1) is 10.2. The number of nitrogens with zero attached hydrogens (tertiary/aromatic N) is 2. The van der Waals surface area contributed by atoms with Gasteiger partial charge in [0.05, 0.1) is 12.1 Å². The fourth-order valence-electron chi connectivity index (χ4n) is 2.52. The lowest BCUT2D eigenvalue weighted by atomic mass is 9.64. The molecule has 1 aromatic rings. The molecule has 0 atom stereocenters. The van der Waals surface area contributed by atoms with Crippen LogP contribution in [0, 0.1) is 6.92 Å². The van der Waals surface area contributed by atoms with Gasteiger partial charge in [0.1, 0.15) is 0 Å². The first-order chi connectivity index (χ1) is 7.03. The number of aromatic nitrogens is 2. The van der Waals surface area contributed by atoms with Gasteiger partial charge < -0.3 is 5.11 Å². The smallest absolute Gasteiger partial charge is 0.304 e. The molecule has 4 heteroatoms. The van der Waals surface area contributed by atoms with E-state index in [1.807, 2.05) is 24.7 Å². The summed E-state index contributed by atoms with van der Waals surface area (Å²) in [5.41, 5.74) is 1.89. The standard InChI is InChI=1S/C11H16N2O2/c1-8-6-9(13(2)12-8)11(4-3-5-11)7-10(14)15/h6H,3-5,7H2,1-2H3,(H,14,15). The lowest BCUT2D eigenvalue weighted by Crippen LogP contribution is -2.38. The van der Waals surface area contributed by atoms with Crippen LogP contribution in [0.3, 0.4) is 0 Å². The van der Waals surface area contributed by atoms with E-state index in [0.29, 0.717) is 0 Å². The molecule has 0 radical (unpaired) electrons. The van der Waals surface area contributed by atoms with Crippen molar-refractivity contribution in [1.82, 2.24) is 9.78 Å². The van der Waals surface area contributed by atoms with Crippen LogP contribution in [0.4, 0.5) is 0 Å². The Morgan fingerprint density at radius 2 is 2.33 bits per heavy atom. The van der Waals surface area contributed by atoms with Gasteiger partial charge in [0, 0.05) is 18.2 Å². The molecule has 1 aliphatic rings. The van der Waals surface area contributed by atoms with E-state index in [2.05, 4.69) is 5.10 Å². The third-order valence-electron chi connectivity index (χ3n) is 3.35. The molecule has 15 heavy (non-hydrogen) atoms. The summed E-state index contributed by atoms with van der Waals surface area (Å²) in [4.78, 5) is 10.9. The van der Waals surface area contributed by atoms with Crippen molar-refractivity contribution in [1.29, 1.82) is 0 Å². The van der Waals surface area contributed by atoms with Crippen LogP contribution >= 0.6 is 0 Å². The molecule has 0 aliphatic heterocycles. The third kappa shape index (κ3) is 1.64. The number of carbonyl (C=O) groups is 1. The minimum atomic E-state index is -0.714. The molecule has 0 spiro atoms. The van der Waals surface area contributed by atoms with Gasteiger partial charge in [-0.1, -0.05) is 6.42 Å². The number of carboxylic acid groups (broad SMARTS) is 1. The van der Waals surface area contributed by atoms with E-state index in [4.69, 9.17) is 5.11 Å². The fraction of sp³-hybridized carbons (Fsp3) is 0.636.